The van der Waals surface area contributed by atoms with Gasteiger partial charge in [-0.25, -0.2) is 4.98 Å². The van der Waals surface area contributed by atoms with E-state index in [1.807, 2.05) is 0 Å². The lowest BCUT2D eigenvalue weighted by atomic mass is 10.1. The van der Waals surface area contributed by atoms with Crippen molar-refractivity contribution in [3.8, 4) is 23.0 Å². The maximum atomic E-state index is 13.0. The average molecular weight is 537 g/mol. The fraction of sp³-hybridized carbons (Fsp3) is 0.320. The molecule has 0 saturated heterocycles. The summed E-state index contributed by atoms with van der Waals surface area (Å²) in [5, 5.41) is 2.72. The summed E-state index contributed by atoms with van der Waals surface area (Å²) in [4.78, 5) is 28.4. The van der Waals surface area contributed by atoms with Crippen molar-refractivity contribution in [3.63, 3.8) is 0 Å². The van der Waals surface area contributed by atoms with E-state index < -0.39 is 24.5 Å². The van der Waals surface area contributed by atoms with Gasteiger partial charge in [-0.05, 0) is 61.6 Å². The third-order valence-corrected chi connectivity index (χ3v) is 5.45. The predicted octanol–water partition coefficient (Wildman–Crippen LogP) is 4.45. The van der Waals surface area contributed by atoms with Crippen molar-refractivity contribution in [1.29, 1.82) is 0 Å². The Hall–Kier alpha value is -3.70. The molecular weight excluding hydrogens is 510 g/mol. The summed E-state index contributed by atoms with van der Waals surface area (Å²) < 4.78 is 41.8. The van der Waals surface area contributed by atoms with Crippen LogP contribution in [-0.2, 0) is 11.2 Å². The van der Waals surface area contributed by atoms with Gasteiger partial charge in [0.2, 0.25) is 11.8 Å². The van der Waals surface area contributed by atoms with E-state index in [2.05, 4.69) is 15.0 Å². The van der Waals surface area contributed by atoms with Gasteiger partial charge in [0, 0.05) is 11.3 Å². The first-order valence-corrected chi connectivity index (χ1v) is 11.4. The normalized spacial score (nSPS) is 13.5. The van der Waals surface area contributed by atoms with Gasteiger partial charge in [0.1, 0.15) is 0 Å². The molecule has 1 unspecified atom stereocenters. The second-order valence-electron chi connectivity index (χ2n) is 8.61. The Labute approximate surface area is 217 Å². The van der Waals surface area contributed by atoms with Crippen LogP contribution < -0.4 is 26.3 Å². The summed E-state index contributed by atoms with van der Waals surface area (Å²) in [5.41, 5.74) is 12.8. The van der Waals surface area contributed by atoms with E-state index in [1.54, 1.807) is 31.2 Å². The molecular formula is C25H27ClF2N4O5. The maximum Gasteiger partial charge on any atom is 0.387 e. The van der Waals surface area contributed by atoms with Crippen LogP contribution in [-0.4, -0.2) is 30.0 Å². The smallest absolute Gasteiger partial charge is 0.387 e. The number of hydrogen-bond donors (Lipinski definition) is 3. The SMILES string of the molecule is CC(N)c1oc(-c2ccc(OC(F)F)c(OCC3CC3)c2)nc1C(=O)Nc1ccc(CC(N)=O)cc1.Cl. The van der Waals surface area contributed by atoms with E-state index >= 15 is 0 Å². The van der Waals surface area contributed by atoms with Crippen molar-refractivity contribution in [1.82, 2.24) is 4.98 Å². The van der Waals surface area contributed by atoms with Crippen molar-refractivity contribution in [2.24, 2.45) is 17.4 Å². The van der Waals surface area contributed by atoms with E-state index in [0.717, 1.165) is 12.8 Å². The predicted molar refractivity (Wildman–Crippen MR) is 134 cm³/mol. The molecule has 12 heteroatoms. The number of aromatic nitrogens is 1. The van der Waals surface area contributed by atoms with Gasteiger partial charge in [0.25, 0.3) is 5.91 Å². The molecule has 5 N–H and O–H groups in total. The Balaban J connectivity index is 0.00000380. The molecule has 1 atom stereocenters. The van der Waals surface area contributed by atoms with Gasteiger partial charge < -0.3 is 30.7 Å². The van der Waals surface area contributed by atoms with Crippen LogP contribution in [0.15, 0.2) is 46.9 Å². The number of anilines is 1. The third-order valence-electron chi connectivity index (χ3n) is 5.45. The van der Waals surface area contributed by atoms with Gasteiger partial charge in [-0.2, -0.15) is 8.78 Å². The number of nitrogens with one attached hydrogen (secondary N) is 1. The Bertz CT molecular complexity index is 1250. The number of carbonyl (C=O) groups excluding carboxylic acids is 2. The quantitative estimate of drug-likeness (QED) is 0.328. The second-order valence-corrected chi connectivity index (χ2v) is 8.61. The lowest BCUT2D eigenvalue weighted by Gasteiger charge is -2.12. The highest BCUT2D eigenvalue weighted by Crippen LogP contribution is 2.37. The molecule has 0 spiro atoms. The van der Waals surface area contributed by atoms with E-state index in [1.165, 1.54) is 18.2 Å². The van der Waals surface area contributed by atoms with E-state index in [0.29, 0.717) is 29.3 Å². The van der Waals surface area contributed by atoms with E-state index in [-0.39, 0.29) is 47.7 Å². The monoisotopic (exact) mass is 536 g/mol. The van der Waals surface area contributed by atoms with Gasteiger partial charge >= 0.3 is 6.61 Å². The first-order chi connectivity index (χ1) is 17.2. The molecule has 1 aliphatic carbocycles. The van der Waals surface area contributed by atoms with Crippen LogP contribution in [0.5, 0.6) is 11.5 Å². The third kappa shape index (κ3) is 7.40. The van der Waals surface area contributed by atoms with Crippen LogP contribution in [0, 0.1) is 5.92 Å². The highest BCUT2D eigenvalue weighted by atomic mass is 35.5. The number of hydrogen-bond acceptors (Lipinski definition) is 7. The zero-order valence-electron chi connectivity index (χ0n) is 19.9. The molecule has 1 fully saturated rings. The molecule has 2 aromatic carbocycles. The van der Waals surface area contributed by atoms with Crippen LogP contribution in [0.1, 0.15) is 47.6 Å². The summed E-state index contributed by atoms with van der Waals surface area (Å²) in [5.74, 6) is -0.375. The van der Waals surface area contributed by atoms with Crippen LogP contribution in [0.4, 0.5) is 14.5 Å². The largest absolute Gasteiger partial charge is 0.489 e. The number of ether oxygens (including phenoxy) is 2. The first-order valence-electron chi connectivity index (χ1n) is 11.4. The molecule has 1 aromatic heterocycles. The Kier molecular flexibility index (Phi) is 9.06. The lowest BCUT2D eigenvalue weighted by Crippen LogP contribution is -2.17. The summed E-state index contributed by atoms with van der Waals surface area (Å²) in [6.07, 6.45) is 2.13. The summed E-state index contributed by atoms with van der Waals surface area (Å²) in [6, 6.07) is 10.3. The number of primary amides is 1. The average Bonchev–Trinajstić information content (AvgIpc) is 3.53. The highest BCUT2D eigenvalue weighted by molar-refractivity contribution is 6.04. The van der Waals surface area contributed by atoms with Gasteiger partial charge in [-0.1, -0.05) is 12.1 Å². The molecule has 37 heavy (non-hydrogen) atoms. The van der Waals surface area contributed by atoms with Crippen LogP contribution in [0.3, 0.4) is 0 Å². The molecule has 1 aliphatic rings. The zero-order chi connectivity index (χ0) is 25.8. The molecule has 198 valence electrons. The standard InChI is InChI=1S/C25H26F2N4O5.ClH/c1-13(28)22-21(23(33)30-17-7-4-14(5-8-17)10-20(29)32)31-24(36-22)16-6-9-18(35-25(26)27)19(11-16)34-12-15-2-3-15;/h4-9,11,13,15,25H,2-3,10,12,28H2,1H3,(H2,29,32)(H,30,33);1H. The van der Waals surface area contributed by atoms with Gasteiger partial charge in [-0.15, -0.1) is 12.4 Å². The maximum absolute atomic E-state index is 13.0. The van der Waals surface area contributed by atoms with Gasteiger partial charge in [0.15, 0.2) is 23.0 Å². The molecule has 1 heterocycles. The number of amides is 2. The number of halogens is 3. The first kappa shape index (κ1) is 27.9. The fourth-order valence-electron chi connectivity index (χ4n) is 3.46. The Morgan fingerprint density at radius 2 is 1.86 bits per heavy atom. The topological polar surface area (TPSA) is 143 Å². The second kappa shape index (κ2) is 12.0. The lowest BCUT2D eigenvalue weighted by molar-refractivity contribution is -0.117. The Morgan fingerprint density at radius 1 is 1.16 bits per heavy atom. The van der Waals surface area contributed by atoms with E-state index in [4.69, 9.17) is 20.6 Å². The van der Waals surface area contributed by atoms with Gasteiger partial charge in [-0.3, -0.25) is 9.59 Å². The minimum Gasteiger partial charge on any atom is -0.489 e. The van der Waals surface area contributed by atoms with Gasteiger partial charge in [0.05, 0.1) is 19.1 Å². The fourth-order valence-corrected chi connectivity index (χ4v) is 3.46. The van der Waals surface area contributed by atoms with Crippen molar-refractivity contribution >= 4 is 29.9 Å². The number of alkyl halides is 2. The van der Waals surface area contributed by atoms with Crippen molar-refractivity contribution in [2.75, 3.05) is 11.9 Å². The number of carbonyl (C=O) groups is 2. The van der Waals surface area contributed by atoms with E-state index in [9.17, 15) is 18.4 Å². The van der Waals surface area contributed by atoms with Crippen molar-refractivity contribution < 1.29 is 32.3 Å². The molecule has 4 rings (SSSR count). The van der Waals surface area contributed by atoms with Crippen LogP contribution in [0.25, 0.3) is 11.5 Å². The minimum atomic E-state index is -3.01. The van der Waals surface area contributed by atoms with Crippen molar-refractivity contribution in [2.45, 2.75) is 38.8 Å². The molecule has 2 amide bonds. The molecule has 0 bridgehead atoms. The molecule has 0 radical (unpaired) electrons. The van der Waals surface area contributed by atoms with Crippen LogP contribution in [0.2, 0.25) is 0 Å². The molecule has 1 saturated carbocycles. The number of nitrogens with zero attached hydrogens (tertiary/aromatic N) is 1. The van der Waals surface area contributed by atoms with Crippen LogP contribution >= 0.6 is 12.4 Å². The number of benzene rings is 2. The van der Waals surface area contributed by atoms with Crippen molar-refractivity contribution in [3.05, 3.63) is 59.5 Å². The molecule has 3 aromatic rings. The minimum absolute atomic E-state index is 0. The highest BCUT2D eigenvalue weighted by Gasteiger charge is 2.26. The summed E-state index contributed by atoms with van der Waals surface area (Å²) >= 11 is 0. The molecule has 0 aliphatic heterocycles. The molecule has 9 nitrogen and oxygen atoms in total. The summed E-state index contributed by atoms with van der Waals surface area (Å²) in [6.45, 7) is -0.986. The number of nitrogens with two attached hydrogens (primary N) is 2. The summed E-state index contributed by atoms with van der Waals surface area (Å²) in [7, 11) is 0. The Morgan fingerprint density at radius 3 is 2.46 bits per heavy atom. The number of oxazole rings is 1. The number of rotatable bonds is 11. The zero-order valence-corrected chi connectivity index (χ0v) is 20.7.